The van der Waals surface area contributed by atoms with Crippen molar-refractivity contribution in [2.45, 2.75) is 31.1 Å². The van der Waals surface area contributed by atoms with E-state index in [2.05, 4.69) is 15.1 Å². The molecule has 8 heteroatoms. The normalized spacial score (nSPS) is 26.2. The predicted octanol–water partition coefficient (Wildman–Crippen LogP) is 0.661. The lowest BCUT2D eigenvalue weighted by Crippen LogP contribution is -2.44. The molecule has 2 aliphatic heterocycles. The summed E-state index contributed by atoms with van der Waals surface area (Å²) in [7, 11) is 1.74. The molecule has 0 N–H and O–H groups in total. The number of hydrogen-bond acceptors (Lipinski definition) is 6. The standard InChI is InChI=1S/C16H19N5O3/c1-20-10-18-15(19-20)16(22)21-9-12(14-11(21)5-4-8-23-14)24-13-6-2-3-7-17-13/h2-3,6-7,10-12,14H,4-5,8-9H2,1H3/t11-,12+,14+/m1/s1. The van der Waals surface area contributed by atoms with Crippen LogP contribution >= 0.6 is 0 Å². The monoisotopic (exact) mass is 329 g/mol. The number of rotatable bonds is 3. The highest BCUT2D eigenvalue weighted by Crippen LogP contribution is 2.31. The topological polar surface area (TPSA) is 82.4 Å². The molecule has 0 aromatic carbocycles. The minimum atomic E-state index is -0.238. The molecule has 2 aliphatic rings. The summed E-state index contributed by atoms with van der Waals surface area (Å²) in [4.78, 5) is 22.8. The number of hydrogen-bond donors (Lipinski definition) is 0. The van der Waals surface area contributed by atoms with Crippen LogP contribution in [0.4, 0.5) is 0 Å². The molecule has 0 saturated carbocycles. The first kappa shape index (κ1) is 15.1. The maximum atomic E-state index is 12.8. The van der Waals surface area contributed by atoms with E-state index in [-0.39, 0.29) is 30.0 Å². The fourth-order valence-electron chi connectivity index (χ4n) is 3.38. The van der Waals surface area contributed by atoms with Crippen molar-refractivity contribution < 1.29 is 14.3 Å². The summed E-state index contributed by atoms with van der Waals surface area (Å²) in [5.74, 6) is 0.573. The molecule has 0 bridgehead atoms. The third-order valence-electron chi connectivity index (χ3n) is 4.44. The molecule has 2 saturated heterocycles. The minimum Gasteiger partial charge on any atom is -0.470 e. The van der Waals surface area contributed by atoms with Gasteiger partial charge in [-0.05, 0) is 18.9 Å². The van der Waals surface area contributed by atoms with E-state index >= 15 is 0 Å². The first-order chi connectivity index (χ1) is 11.7. The van der Waals surface area contributed by atoms with Gasteiger partial charge in [-0.25, -0.2) is 9.97 Å². The van der Waals surface area contributed by atoms with Crippen LogP contribution in [0.3, 0.4) is 0 Å². The Kier molecular flexibility index (Phi) is 3.89. The van der Waals surface area contributed by atoms with Crippen LogP contribution in [-0.2, 0) is 11.8 Å². The summed E-state index contributed by atoms with van der Waals surface area (Å²) < 4.78 is 13.4. The highest BCUT2D eigenvalue weighted by Gasteiger charge is 2.48. The fraction of sp³-hybridized carbons (Fsp3) is 0.500. The lowest BCUT2D eigenvalue weighted by Gasteiger charge is -2.31. The van der Waals surface area contributed by atoms with Crippen molar-refractivity contribution in [1.82, 2.24) is 24.6 Å². The van der Waals surface area contributed by atoms with E-state index in [1.807, 2.05) is 18.2 Å². The number of likely N-dealkylation sites (tertiary alicyclic amines) is 1. The maximum absolute atomic E-state index is 12.8. The number of fused-ring (bicyclic) bond motifs is 1. The Labute approximate surface area is 139 Å². The zero-order valence-corrected chi connectivity index (χ0v) is 13.4. The molecule has 126 valence electrons. The Hall–Kier alpha value is -2.48. The SMILES string of the molecule is Cn1cnc(C(=O)N2C[C@H](Oc3ccccn3)[C@H]3OCCC[C@H]32)n1. The van der Waals surface area contributed by atoms with E-state index in [0.29, 0.717) is 19.0 Å². The van der Waals surface area contributed by atoms with Crippen molar-refractivity contribution in [2.75, 3.05) is 13.2 Å². The lowest BCUT2D eigenvalue weighted by molar-refractivity contribution is -0.0456. The van der Waals surface area contributed by atoms with Crippen LogP contribution in [0.5, 0.6) is 5.88 Å². The molecule has 4 rings (SSSR count). The van der Waals surface area contributed by atoms with Gasteiger partial charge < -0.3 is 14.4 Å². The maximum Gasteiger partial charge on any atom is 0.293 e. The van der Waals surface area contributed by atoms with Gasteiger partial charge in [0.1, 0.15) is 18.5 Å². The Morgan fingerprint density at radius 1 is 1.38 bits per heavy atom. The second kappa shape index (κ2) is 6.20. The Bertz CT molecular complexity index is 720. The second-order valence-corrected chi connectivity index (χ2v) is 6.07. The molecule has 0 radical (unpaired) electrons. The van der Waals surface area contributed by atoms with Gasteiger partial charge >= 0.3 is 0 Å². The molecule has 8 nitrogen and oxygen atoms in total. The summed E-state index contributed by atoms with van der Waals surface area (Å²) in [6.07, 6.45) is 4.65. The number of aryl methyl sites for hydroxylation is 1. The zero-order chi connectivity index (χ0) is 16.5. The molecule has 2 aromatic heterocycles. The molecule has 0 unspecified atom stereocenters. The molecule has 24 heavy (non-hydrogen) atoms. The number of carbonyl (C=O) groups excluding carboxylic acids is 1. The summed E-state index contributed by atoms with van der Waals surface area (Å²) in [6, 6.07) is 5.51. The Morgan fingerprint density at radius 2 is 2.29 bits per heavy atom. The van der Waals surface area contributed by atoms with Gasteiger partial charge in [-0.1, -0.05) is 6.07 Å². The van der Waals surface area contributed by atoms with Gasteiger partial charge in [-0.3, -0.25) is 9.48 Å². The van der Waals surface area contributed by atoms with Gasteiger partial charge in [0, 0.05) is 25.9 Å². The van der Waals surface area contributed by atoms with Gasteiger partial charge in [0.2, 0.25) is 11.7 Å². The largest absolute Gasteiger partial charge is 0.470 e. The summed E-state index contributed by atoms with van der Waals surface area (Å²) in [5.41, 5.74) is 0. The van der Waals surface area contributed by atoms with Gasteiger partial charge in [-0.15, -0.1) is 5.10 Å². The first-order valence-electron chi connectivity index (χ1n) is 8.08. The summed E-state index contributed by atoms with van der Waals surface area (Å²) >= 11 is 0. The van der Waals surface area contributed by atoms with Crippen LogP contribution < -0.4 is 4.74 Å². The van der Waals surface area contributed by atoms with E-state index in [0.717, 1.165) is 12.8 Å². The van der Waals surface area contributed by atoms with Crippen LogP contribution in [0.2, 0.25) is 0 Å². The van der Waals surface area contributed by atoms with E-state index < -0.39 is 0 Å². The van der Waals surface area contributed by atoms with Crippen molar-refractivity contribution in [3.05, 3.63) is 36.5 Å². The molecule has 1 amide bonds. The fourth-order valence-corrected chi connectivity index (χ4v) is 3.38. The Morgan fingerprint density at radius 3 is 3.04 bits per heavy atom. The number of nitrogens with zero attached hydrogens (tertiary/aromatic N) is 5. The lowest BCUT2D eigenvalue weighted by atomic mass is 10.0. The molecule has 3 atom stereocenters. The second-order valence-electron chi connectivity index (χ2n) is 6.07. The number of aromatic nitrogens is 4. The smallest absolute Gasteiger partial charge is 0.293 e. The number of amides is 1. The van der Waals surface area contributed by atoms with Gasteiger partial charge in [-0.2, -0.15) is 0 Å². The number of ether oxygens (including phenoxy) is 2. The highest BCUT2D eigenvalue weighted by molar-refractivity contribution is 5.91. The van der Waals surface area contributed by atoms with Gasteiger partial charge in [0.15, 0.2) is 0 Å². The first-order valence-corrected chi connectivity index (χ1v) is 8.08. The summed E-state index contributed by atoms with van der Waals surface area (Å²) in [6.45, 7) is 1.14. The quantitative estimate of drug-likeness (QED) is 0.823. The van der Waals surface area contributed by atoms with Crippen molar-refractivity contribution in [1.29, 1.82) is 0 Å². The van der Waals surface area contributed by atoms with E-state index in [4.69, 9.17) is 9.47 Å². The Balaban J connectivity index is 1.56. The van der Waals surface area contributed by atoms with Gasteiger partial charge in [0.05, 0.1) is 12.6 Å². The highest BCUT2D eigenvalue weighted by atomic mass is 16.5. The predicted molar refractivity (Wildman–Crippen MR) is 83.5 cm³/mol. The average molecular weight is 329 g/mol. The molecule has 2 aromatic rings. The van der Waals surface area contributed by atoms with Crippen LogP contribution in [0, 0.1) is 0 Å². The van der Waals surface area contributed by atoms with Crippen LogP contribution in [0.25, 0.3) is 0 Å². The molecule has 4 heterocycles. The molecule has 2 fully saturated rings. The third-order valence-corrected chi connectivity index (χ3v) is 4.44. The molecule has 0 spiro atoms. The molecular weight excluding hydrogens is 310 g/mol. The minimum absolute atomic E-state index is 0.0104. The van der Waals surface area contributed by atoms with Crippen molar-refractivity contribution in [3.8, 4) is 5.88 Å². The molecule has 0 aliphatic carbocycles. The summed E-state index contributed by atoms with van der Waals surface area (Å²) in [5, 5.41) is 4.12. The van der Waals surface area contributed by atoms with E-state index in [1.165, 1.54) is 11.0 Å². The van der Waals surface area contributed by atoms with E-state index in [1.54, 1.807) is 18.1 Å². The van der Waals surface area contributed by atoms with E-state index in [9.17, 15) is 4.79 Å². The van der Waals surface area contributed by atoms with Crippen molar-refractivity contribution in [3.63, 3.8) is 0 Å². The number of pyridine rings is 1. The van der Waals surface area contributed by atoms with Crippen LogP contribution in [0.15, 0.2) is 30.7 Å². The zero-order valence-electron chi connectivity index (χ0n) is 13.4. The average Bonchev–Trinajstić information content (AvgIpc) is 3.20. The van der Waals surface area contributed by atoms with Crippen LogP contribution in [0.1, 0.15) is 23.5 Å². The third kappa shape index (κ3) is 2.73. The number of carbonyl (C=O) groups is 1. The van der Waals surface area contributed by atoms with Gasteiger partial charge in [0.25, 0.3) is 5.91 Å². The van der Waals surface area contributed by atoms with Crippen molar-refractivity contribution in [2.24, 2.45) is 7.05 Å². The molecular formula is C16H19N5O3. The van der Waals surface area contributed by atoms with Crippen molar-refractivity contribution >= 4 is 5.91 Å². The van der Waals surface area contributed by atoms with Crippen LogP contribution in [-0.4, -0.2) is 62.0 Å².